The molecule has 1 heterocycles. The van der Waals surface area contributed by atoms with Crippen LogP contribution in [0.4, 0.5) is 4.39 Å². The summed E-state index contributed by atoms with van der Waals surface area (Å²) in [5, 5.41) is 0.828. The lowest BCUT2D eigenvalue weighted by molar-refractivity contribution is 0.0594. The van der Waals surface area contributed by atoms with E-state index in [1.807, 2.05) is 6.92 Å². The number of hydrogen-bond donors (Lipinski definition) is 0. The van der Waals surface area contributed by atoms with Crippen LogP contribution in [0, 0.1) is 12.7 Å². The number of carbonyl (C=O) groups is 1. The van der Waals surface area contributed by atoms with Gasteiger partial charge in [0.15, 0.2) is 0 Å². The average molecular weight is 219 g/mol. The third-order valence-corrected chi connectivity index (χ3v) is 2.37. The number of fused-ring (bicyclic) bond motifs is 1. The number of benzene rings is 1. The minimum absolute atomic E-state index is 0.193. The molecule has 0 aliphatic heterocycles. The fourth-order valence-corrected chi connectivity index (χ4v) is 1.58. The zero-order chi connectivity index (χ0) is 11.7. The third-order valence-electron chi connectivity index (χ3n) is 2.37. The minimum Gasteiger partial charge on any atom is -0.464 e. The molecule has 0 bridgehead atoms. The van der Waals surface area contributed by atoms with Gasteiger partial charge in [-0.1, -0.05) is 0 Å². The number of nitrogens with zero attached hydrogens (tertiary/aromatic N) is 1. The summed E-state index contributed by atoms with van der Waals surface area (Å²) in [6.45, 7) is 1.84. The molecule has 0 fully saturated rings. The molecular formula is C12H10FNO2. The molecule has 4 heteroatoms. The lowest BCUT2D eigenvalue weighted by Crippen LogP contribution is -2.05. The number of methoxy groups -OCH3 is 1. The van der Waals surface area contributed by atoms with Gasteiger partial charge in [-0.15, -0.1) is 0 Å². The summed E-state index contributed by atoms with van der Waals surface area (Å²) in [6, 6.07) is 5.95. The summed E-state index contributed by atoms with van der Waals surface area (Å²) in [5.74, 6) is -0.893. The van der Waals surface area contributed by atoms with E-state index in [2.05, 4.69) is 9.72 Å². The molecule has 0 atom stereocenters. The maximum Gasteiger partial charge on any atom is 0.356 e. The van der Waals surface area contributed by atoms with Gasteiger partial charge in [0.25, 0.3) is 0 Å². The van der Waals surface area contributed by atoms with Crippen molar-refractivity contribution in [3.05, 3.63) is 41.3 Å². The van der Waals surface area contributed by atoms with Crippen molar-refractivity contribution in [3.63, 3.8) is 0 Å². The molecule has 0 aliphatic carbocycles. The van der Waals surface area contributed by atoms with Crippen molar-refractivity contribution in [1.29, 1.82) is 0 Å². The number of carbonyl (C=O) groups excluding carboxylic acids is 1. The Balaban J connectivity index is 2.69. The Morgan fingerprint density at radius 2 is 2.12 bits per heavy atom. The van der Waals surface area contributed by atoms with Crippen LogP contribution in [0.2, 0.25) is 0 Å². The van der Waals surface area contributed by atoms with Crippen LogP contribution in [-0.4, -0.2) is 18.1 Å². The number of ether oxygens (including phenoxy) is 1. The molecule has 82 valence electrons. The van der Waals surface area contributed by atoms with Crippen molar-refractivity contribution in [2.75, 3.05) is 7.11 Å². The topological polar surface area (TPSA) is 39.2 Å². The molecule has 1 aromatic heterocycles. The first-order chi connectivity index (χ1) is 7.61. The number of aryl methyl sites for hydroxylation is 1. The normalized spacial score (nSPS) is 10.4. The van der Waals surface area contributed by atoms with E-state index in [-0.39, 0.29) is 11.5 Å². The van der Waals surface area contributed by atoms with Crippen LogP contribution in [0.1, 0.15) is 16.1 Å². The third kappa shape index (κ3) is 1.74. The van der Waals surface area contributed by atoms with Crippen molar-refractivity contribution in [2.45, 2.75) is 6.92 Å². The molecule has 0 saturated carbocycles. The second-order valence-corrected chi connectivity index (χ2v) is 3.48. The molecule has 2 rings (SSSR count). The van der Waals surface area contributed by atoms with Crippen molar-refractivity contribution in [1.82, 2.24) is 4.98 Å². The van der Waals surface area contributed by atoms with Crippen molar-refractivity contribution >= 4 is 16.9 Å². The molecule has 0 N–H and O–H groups in total. The zero-order valence-electron chi connectivity index (χ0n) is 8.95. The Hall–Kier alpha value is -1.97. The number of rotatable bonds is 1. The standard InChI is InChI=1S/C12H10FNO2/c1-7-5-11(12(15)16-2)14-10-6-8(13)3-4-9(7)10/h3-6H,1-2H3. The van der Waals surface area contributed by atoms with E-state index in [0.29, 0.717) is 5.52 Å². The monoisotopic (exact) mass is 219 g/mol. The second-order valence-electron chi connectivity index (χ2n) is 3.48. The second kappa shape index (κ2) is 3.89. The van der Waals surface area contributed by atoms with Crippen LogP contribution in [0.3, 0.4) is 0 Å². The van der Waals surface area contributed by atoms with E-state index in [1.54, 1.807) is 12.1 Å². The molecule has 0 amide bonds. The van der Waals surface area contributed by atoms with Gasteiger partial charge in [-0.3, -0.25) is 0 Å². The number of halogens is 1. The molecule has 0 aliphatic rings. The Bertz CT molecular complexity index is 566. The predicted molar refractivity (Wildman–Crippen MR) is 57.8 cm³/mol. The fraction of sp³-hybridized carbons (Fsp3) is 0.167. The van der Waals surface area contributed by atoms with Gasteiger partial charge in [-0.2, -0.15) is 0 Å². The van der Waals surface area contributed by atoms with Crippen molar-refractivity contribution < 1.29 is 13.9 Å². The molecule has 1 aromatic carbocycles. The molecular weight excluding hydrogens is 209 g/mol. The van der Waals surface area contributed by atoms with E-state index in [9.17, 15) is 9.18 Å². The molecule has 3 nitrogen and oxygen atoms in total. The number of esters is 1. The van der Waals surface area contributed by atoms with Gasteiger partial charge in [0.2, 0.25) is 0 Å². The maximum atomic E-state index is 13.0. The highest BCUT2D eigenvalue weighted by Crippen LogP contribution is 2.19. The molecule has 0 spiro atoms. The Morgan fingerprint density at radius 3 is 2.81 bits per heavy atom. The summed E-state index contributed by atoms with van der Waals surface area (Å²) in [6.07, 6.45) is 0. The Kier molecular flexibility index (Phi) is 2.56. The quantitative estimate of drug-likeness (QED) is 0.691. The minimum atomic E-state index is -0.519. The number of hydrogen-bond acceptors (Lipinski definition) is 3. The van der Waals surface area contributed by atoms with Crippen LogP contribution in [-0.2, 0) is 4.74 Å². The van der Waals surface area contributed by atoms with Crippen molar-refractivity contribution in [3.8, 4) is 0 Å². The number of aromatic nitrogens is 1. The highest BCUT2D eigenvalue weighted by Gasteiger charge is 2.10. The van der Waals surface area contributed by atoms with Crippen LogP contribution >= 0.6 is 0 Å². The summed E-state index contributed by atoms with van der Waals surface area (Å²) < 4.78 is 17.6. The maximum absolute atomic E-state index is 13.0. The van der Waals surface area contributed by atoms with Crippen LogP contribution < -0.4 is 0 Å². The first-order valence-electron chi connectivity index (χ1n) is 4.77. The van der Waals surface area contributed by atoms with Crippen LogP contribution in [0.15, 0.2) is 24.3 Å². The van der Waals surface area contributed by atoms with E-state index >= 15 is 0 Å². The lowest BCUT2D eigenvalue weighted by Gasteiger charge is -2.04. The first kappa shape index (κ1) is 10.5. The van der Waals surface area contributed by atoms with Crippen molar-refractivity contribution in [2.24, 2.45) is 0 Å². The summed E-state index contributed by atoms with van der Waals surface area (Å²) in [5.41, 5.74) is 1.52. The van der Waals surface area contributed by atoms with Gasteiger partial charge in [0.05, 0.1) is 12.6 Å². The summed E-state index contributed by atoms with van der Waals surface area (Å²) >= 11 is 0. The van der Waals surface area contributed by atoms with Gasteiger partial charge in [-0.05, 0) is 30.7 Å². The molecule has 0 unspecified atom stereocenters. The van der Waals surface area contributed by atoms with Crippen LogP contribution in [0.25, 0.3) is 10.9 Å². The Labute approximate surface area is 91.9 Å². The van der Waals surface area contributed by atoms with Gasteiger partial charge in [0.1, 0.15) is 11.5 Å². The van der Waals surface area contributed by atoms with E-state index < -0.39 is 5.97 Å². The zero-order valence-corrected chi connectivity index (χ0v) is 8.95. The highest BCUT2D eigenvalue weighted by atomic mass is 19.1. The smallest absolute Gasteiger partial charge is 0.356 e. The molecule has 0 saturated heterocycles. The van der Waals surface area contributed by atoms with Gasteiger partial charge in [0, 0.05) is 11.5 Å². The van der Waals surface area contributed by atoms with E-state index in [0.717, 1.165) is 10.9 Å². The fourth-order valence-electron chi connectivity index (χ4n) is 1.58. The molecule has 16 heavy (non-hydrogen) atoms. The van der Waals surface area contributed by atoms with Gasteiger partial charge in [-0.25, -0.2) is 14.2 Å². The summed E-state index contributed by atoms with van der Waals surface area (Å²) in [7, 11) is 1.29. The summed E-state index contributed by atoms with van der Waals surface area (Å²) in [4.78, 5) is 15.4. The molecule has 2 aromatic rings. The van der Waals surface area contributed by atoms with Gasteiger partial charge >= 0.3 is 5.97 Å². The van der Waals surface area contributed by atoms with E-state index in [1.165, 1.54) is 19.2 Å². The predicted octanol–water partition coefficient (Wildman–Crippen LogP) is 2.47. The van der Waals surface area contributed by atoms with Crippen LogP contribution in [0.5, 0.6) is 0 Å². The highest BCUT2D eigenvalue weighted by molar-refractivity contribution is 5.92. The first-order valence-corrected chi connectivity index (χ1v) is 4.77. The average Bonchev–Trinajstić information content (AvgIpc) is 2.27. The molecule has 0 radical (unpaired) electrons. The van der Waals surface area contributed by atoms with E-state index in [4.69, 9.17) is 0 Å². The van der Waals surface area contributed by atoms with Gasteiger partial charge < -0.3 is 4.74 Å². The Morgan fingerprint density at radius 1 is 1.38 bits per heavy atom. The number of pyridine rings is 1. The lowest BCUT2D eigenvalue weighted by atomic mass is 10.1. The SMILES string of the molecule is COC(=O)c1cc(C)c2ccc(F)cc2n1. The largest absolute Gasteiger partial charge is 0.464 e.